The van der Waals surface area contributed by atoms with Gasteiger partial charge >= 0.3 is 11.0 Å². The molecule has 0 aliphatic rings. The number of nitrogens with zero attached hydrogens (tertiary/aromatic N) is 2. The third-order valence-electron chi connectivity index (χ3n) is 4.16. The van der Waals surface area contributed by atoms with Gasteiger partial charge in [-0.3, -0.25) is 0 Å². The van der Waals surface area contributed by atoms with Crippen molar-refractivity contribution in [2.24, 2.45) is 0 Å². The third-order valence-corrected chi connectivity index (χ3v) is 7.33. The Bertz CT molecular complexity index is 1210. The van der Waals surface area contributed by atoms with E-state index in [0.29, 0.717) is 15.9 Å². The van der Waals surface area contributed by atoms with Gasteiger partial charge < -0.3 is 22.3 Å². The van der Waals surface area contributed by atoms with Gasteiger partial charge in [-0.15, -0.1) is 0 Å². The number of hydrogen-bond acceptors (Lipinski definition) is 5. The maximum Gasteiger partial charge on any atom is 0.346 e. The second-order valence-corrected chi connectivity index (χ2v) is 10.1. The summed E-state index contributed by atoms with van der Waals surface area (Å²) in [6.45, 7) is 0. The van der Waals surface area contributed by atoms with E-state index < -0.39 is 9.84 Å². The number of aromatic nitrogens is 2. The van der Waals surface area contributed by atoms with Gasteiger partial charge in [0.1, 0.15) is 11.5 Å². The smallest absolute Gasteiger partial charge is 0.346 e. The van der Waals surface area contributed by atoms with E-state index in [4.69, 9.17) is 0 Å². The highest BCUT2D eigenvalue weighted by atomic mass is 79.9. The molecule has 5 nitrogen and oxygen atoms in total. The Kier molecular flexibility index (Phi) is 7.41. The molecule has 3 aromatic carbocycles. The Hall–Kier alpha value is -2.07. The Morgan fingerprint density at radius 3 is 2.13 bits per heavy atom. The first kappa shape index (κ1) is 22.6. The molecular formula is C21H17Br2N3O2S2. The van der Waals surface area contributed by atoms with Crippen LogP contribution in [0.2, 0.25) is 0 Å². The van der Waals surface area contributed by atoms with Crippen molar-refractivity contribution in [2.75, 3.05) is 5.32 Å². The van der Waals surface area contributed by atoms with Crippen LogP contribution in [0.25, 0.3) is 11.4 Å². The van der Waals surface area contributed by atoms with E-state index in [2.05, 4.69) is 26.2 Å². The Morgan fingerprint density at radius 2 is 1.50 bits per heavy atom. The van der Waals surface area contributed by atoms with Gasteiger partial charge in [-0.1, -0.05) is 52.3 Å². The Morgan fingerprint density at radius 1 is 0.900 bits per heavy atom. The summed E-state index contributed by atoms with van der Waals surface area (Å²) >= 11 is 4.70. The standard InChI is InChI=1S/C21H16BrN3O2S2.BrH/c22-17-11-13-18(14-12-17)23-21-24-20(16-7-3-1-4-8-16)25(28-21)15-29(26,27)19-9-5-2-6-10-19;/h1-14H,15H2;1H. The van der Waals surface area contributed by atoms with Crippen LogP contribution in [0, 0.1) is 0 Å². The summed E-state index contributed by atoms with van der Waals surface area (Å²) in [7, 11) is -3.51. The normalized spacial score (nSPS) is 11.0. The van der Waals surface area contributed by atoms with Crippen LogP contribution in [0.15, 0.2) is 94.3 Å². The van der Waals surface area contributed by atoms with E-state index >= 15 is 0 Å². The molecule has 4 rings (SSSR count). The average molecular weight is 567 g/mol. The fourth-order valence-electron chi connectivity index (χ4n) is 2.77. The maximum atomic E-state index is 12.9. The van der Waals surface area contributed by atoms with Crippen LogP contribution in [0.4, 0.5) is 10.8 Å². The summed E-state index contributed by atoms with van der Waals surface area (Å²) in [4.78, 5) is 4.96. The second kappa shape index (κ2) is 9.82. The number of benzene rings is 3. The molecule has 9 heteroatoms. The summed E-state index contributed by atoms with van der Waals surface area (Å²) in [6, 6.07) is 25.8. The predicted octanol–water partition coefficient (Wildman–Crippen LogP) is 2.04. The monoisotopic (exact) mass is 565 g/mol. The van der Waals surface area contributed by atoms with Gasteiger partial charge in [0.05, 0.1) is 10.5 Å². The Labute approximate surface area is 198 Å². The molecule has 0 aliphatic carbocycles. The first-order chi connectivity index (χ1) is 14.0. The molecule has 0 fully saturated rings. The van der Waals surface area contributed by atoms with Gasteiger partial charge in [0.15, 0.2) is 0 Å². The molecule has 1 N–H and O–H groups in total. The average Bonchev–Trinajstić information content (AvgIpc) is 3.12. The van der Waals surface area contributed by atoms with Gasteiger partial charge in [-0.05, 0) is 53.5 Å². The number of halogens is 2. The lowest BCUT2D eigenvalue weighted by atomic mass is 10.2. The minimum Gasteiger partial charge on any atom is -1.00 e. The van der Waals surface area contributed by atoms with Crippen molar-refractivity contribution in [2.45, 2.75) is 10.8 Å². The van der Waals surface area contributed by atoms with Gasteiger partial charge in [0, 0.05) is 10.2 Å². The molecule has 0 spiro atoms. The van der Waals surface area contributed by atoms with Gasteiger partial charge in [0.25, 0.3) is 0 Å². The van der Waals surface area contributed by atoms with E-state index in [1.54, 1.807) is 34.3 Å². The van der Waals surface area contributed by atoms with Gasteiger partial charge in [0.2, 0.25) is 15.7 Å². The molecular weight excluding hydrogens is 550 g/mol. The zero-order valence-electron chi connectivity index (χ0n) is 15.6. The SMILES string of the molecule is O=S(=O)(C[n+]1sc(Nc2ccc(Br)cc2)nc1-c1ccccc1)c1ccccc1.[Br-]. The summed E-state index contributed by atoms with van der Waals surface area (Å²) in [5.41, 5.74) is 1.73. The van der Waals surface area contributed by atoms with Crippen LogP contribution in [0.1, 0.15) is 0 Å². The Balaban J connectivity index is 0.00000256. The lowest BCUT2D eigenvalue weighted by molar-refractivity contribution is -0.597. The molecule has 1 heterocycles. The number of sulfone groups is 1. The van der Waals surface area contributed by atoms with Gasteiger partial charge in [-0.2, -0.15) is 3.96 Å². The highest BCUT2D eigenvalue weighted by molar-refractivity contribution is 9.10. The summed E-state index contributed by atoms with van der Waals surface area (Å²) in [5, 5.41) is 3.88. The number of hydrogen-bond donors (Lipinski definition) is 1. The molecule has 0 saturated carbocycles. The molecule has 0 saturated heterocycles. The van der Waals surface area contributed by atoms with Crippen LogP contribution in [0.3, 0.4) is 0 Å². The second-order valence-electron chi connectivity index (χ2n) is 6.27. The minimum absolute atomic E-state index is 0. The fourth-order valence-corrected chi connectivity index (χ4v) is 5.54. The molecule has 154 valence electrons. The third kappa shape index (κ3) is 5.34. The summed E-state index contributed by atoms with van der Waals surface area (Å²) in [5.74, 6) is 0.427. The van der Waals surface area contributed by atoms with Crippen LogP contribution in [0.5, 0.6) is 0 Å². The van der Waals surface area contributed by atoms with Crippen molar-refractivity contribution < 1.29 is 29.4 Å². The minimum atomic E-state index is -3.51. The molecule has 30 heavy (non-hydrogen) atoms. The van der Waals surface area contributed by atoms with Crippen molar-refractivity contribution in [1.29, 1.82) is 0 Å². The van der Waals surface area contributed by atoms with Crippen molar-refractivity contribution in [3.63, 3.8) is 0 Å². The van der Waals surface area contributed by atoms with E-state index in [1.165, 1.54) is 11.5 Å². The van der Waals surface area contributed by atoms with Crippen molar-refractivity contribution >= 4 is 48.1 Å². The van der Waals surface area contributed by atoms with E-state index in [-0.39, 0.29) is 22.9 Å². The molecule has 0 unspecified atom stereocenters. The molecule has 1 aromatic heterocycles. The number of anilines is 2. The van der Waals surface area contributed by atoms with E-state index in [0.717, 1.165) is 15.7 Å². The highest BCUT2D eigenvalue weighted by Gasteiger charge is 2.28. The first-order valence-corrected chi connectivity index (χ1v) is 12.0. The van der Waals surface area contributed by atoms with Crippen LogP contribution >= 0.6 is 27.5 Å². The summed E-state index contributed by atoms with van der Waals surface area (Å²) in [6.07, 6.45) is 0. The van der Waals surface area contributed by atoms with Gasteiger partial charge in [-0.25, -0.2) is 8.42 Å². The summed E-state index contributed by atoms with van der Waals surface area (Å²) < 4.78 is 28.5. The first-order valence-electron chi connectivity index (χ1n) is 8.78. The molecule has 0 atom stereocenters. The zero-order valence-corrected chi connectivity index (χ0v) is 20.4. The van der Waals surface area contributed by atoms with E-state index in [1.807, 2.05) is 54.6 Å². The van der Waals surface area contributed by atoms with Crippen LogP contribution in [-0.2, 0) is 15.7 Å². The predicted molar refractivity (Wildman–Crippen MR) is 119 cm³/mol. The lowest BCUT2D eigenvalue weighted by Crippen LogP contribution is -3.00. The lowest BCUT2D eigenvalue weighted by Gasteiger charge is -2.02. The topological polar surface area (TPSA) is 62.9 Å². The molecule has 0 amide bonds. The zero-order chi connectivity index (χ0) is 20.3. The van der Waals surface area contributed by atoms with Crippen molar-refractivity contribution in [3.8, 4) is 11.4 Å². The van der Waals surface area contributed by atoms with Crippen LogP contribution in [-0.4, -0.2) is 13.4 Å². The van der Waals surface area contributed by atoms with E-state index in [9.17, 15) is 8.42 Å². The number of nitrogens with one attached hydrogen (secondary N) is 1. The van der Waals surface area contributed by atoms with Crippen molar-refractivity contribution in [1.82, 2.24) is 4.98 Å². The number of rotatable bonds is 6. The molecule has 0 aliphatic heterocycles. The largest absolute Gasteiger partial charge is 1.00 e. The quantitative estimate of drug-likeness (QED) is 0.363. The highest BCUT2D eigenvalue weighted by Crippen LogP contribution is 2.24. The van der Waals surface area contributed by atoms with Crippen molar-refractivity contribution in [3.05, 3.63) is 89.4 Å². The molecule has 4 aromatic rings. The maximum absolute atomic E-state index is 12.9. The molecule has 0 bridgehead atoms. The fraction of sp³-hybridized carbons (Fsp3) is 0.0476. The van der Waals surface area contributed by atoms with Crippen LogP contribution < -0.4 is 26.3 Å². The molecule has 0 radical (unpaired) electrons.